The van der Waals surface area contributed by atoms with E-state index in [2.05, 4.69) is 20.5 Å². The summed E-state index contributed by atoms with van der Waals surface area (Å²) in [7, 11) is 0. The molecule has 2 aromatic heterocycles. The molecule has 0 radical (unpaired) electrons. The van der Waals surface area contributed by atoms with Crippen LogP contribution in [0.5, 0.6) is 11.6 Å². The fourth-order valence-corrected chi connectivity index (χ4v) is 2.06. The first-order valence-corrected chi connectivity index (χ1v) is 7.35. The minimum absolute atomic E-state index is 0.0502. The van der Waals surface area contributed by atoms with Gasteiger partial charge in [0, 0.05) is 18.8 Å². The highest BCUT2D eigenvalue weighted by atomic mass is 35.5. The average Bonchev–Trinajstić information content (AvgIpc) is 2.59. The molecule has 2 N–H and O–H groups in total. The summed E-state index contributed by atoms with van der Waals surface area (Å²) in [4.78, 5) is 15.5. The Balaban J connectivity index is 1.63. The summed E-state index contributed by atoms with van der Waals surface area (Å²) in [6, 6.07) is 9.17. The molecule has 0 unspecified atom stereocenters. The van der Waals surface area contributed by atoms with Crippen molar-refractivity contribution >= 4 is 17.3 Å². The maximum atomic E-state index is 12.8. The molecule has 0 aliphatic carbocycles. The topological polar surface area (TPSA) is 79.9 Å². The van der Waals surface area contributed by atoms with Crippen molar-refractivity contribution in [3.05, 3.63) is 75.5 Å². The van der Waals surface area contributed by atoms with E-state index in [4.69, 9.17) is 16.3 Å². The molecule has 0 amide bonds. The maximum absolute atomic E-state index is 12.8. The summed E-state index contributed by atoms with van der Waals surface area (Å²) in [6.45, 7) is 0.411. The molecule has 2 heterocycles. The van der Waals surface area contributed by atoms with Crippen molar-refractivity contribution in [3.63, 3.8) is 0 Å². The molecule has 0 atom stereocenters. The van der Waals surface area contributed by atoms with Crippen molar-refractivity contribution in [1.82, 2.24) is 15.2 Å². The Morgan fingerprint density at radius 2 is 1.96 bits per heavy atom. The van der Waals surface area contributed by atoms with E-state index in [1.807, 2.05) is 6.07 Å². The molecule has 0 saturated carbocycles. The predicted molar refractivity (Wildman–Crippen MR) is 87.9 cm³/mol. The molecule has 0 aliphatic rings. The van der Waals surface area contributed by atoms with Gasteiger partial charge in [-0.15, -0.1) is 0 Å². The summed E-state index contributed by atoms with van der Waals surface area (Å²) in [6.07, 6.45) is 3.06. The largest absolute Gasteiger partial charge is 0.439 e. The van der Waals surface area contributed by atoms with Crippen LogP contribution < -0.4 is 15.6 Å². The van der Waals surface area contributed by atoms with Crippen molar-refractivity contribution < 1.29 is 9.13 Å². The van der Waals surface area contributed by atoms with Crippen LogP contribution in [0.25, 0.3) is 0 Å². The highest BCUT2D eigenvalue weighted by Gasteiger charge is 2.05. The van der Waals surface area contributed by atoms with Crippen molar-refractivity contribution in [2.75, 3.05) is 5.32 Å². The molecule has 0 fully saturated rings. The van der Waals surface area contributed by atoms with Crippen LogP contribution in [-0.4, -0.2) is 15.2 Å². The van der Waals surface area contributed by atoms with Crippen LogP contribution >= 0.6 is 11.6 Å². The first kappa shape index (κ1) is 15.9. The second-order valence-electron chi connectivity index (χ2n) is 4.84. The lowest BCUT2D eigenvalue weighted by Crippen LogP contribution is -2.11. The van der Waals surface area contributed by atoms with Gasteiger partial charge in [0.05, 0.1) is 11.9 Å². The van der Waals surface area contributed by atoms with E-state index >= 15 is 0 Å². The second kappa shape index (κ2) is 7.10. The summed E-state index contributed by atoms with van der Waals surface area (Å²) in [5.74, 6) is 0.557. The van der Waals surface area contributed by atoms with Crippen LogP contribution in [0.1, 0.15) is 5.56 Å². The number of benzene rings is 1. The van der Waals surface area contributed by atoms with E-state index in [0.717, 1.165) is 5.56 Å². The molecular formula is C16H12ClFN4O2. The number of aromatic amines is 1. The highest BCUT2D eigenvalue weighted by molar-refractivity contribution is 6.32. The first-order valence-electron chi connectivity index (χ1n) is 6.97. The van der Waals surface area contributed by atoms with Crippen LogP contribution in [0, 0.1) is 5.82 Å². The lowest BCUT2D eigenvalue weighted by Gasteiger charge is -2.08. The van der Waals surface area contributed by atoms with E-state index in [-0.39, 0.29) is 10.8 Å². The van der Waals surface area contributed by atoms with E-state index in [1.165, 1.54) is 30.5 Å². The van der Waals surface area contributed by atoms with Crippen molar-refractivity contribution in [2.24, 2.45) is 0 Å². The zero-order valence-corrected chi connectivity index (χ0v) is 13.0. The van der Waals surface area contributed by atoms with Crippen molar-refractivity contribution in [1.29, 1.82) is 0 Å². The molecule has 6 nitrogen and oxygen atoms in total. The number of aromatic nitrogens is 3. The Labute approximate surface area is 141 Å². The summed E-state index contributed by atoms with van der Waals surface area (Å²) < 4.78 is 18.4. The van der Waals surface area contributed by atoms with E-state index < -0.39 is 5.56 Å². The second-order valence-corrected chi connectivity index (χ2v) is 5.22. The van der Waals surface area contributed by atoms with Gasteiger partial charge in [-0.05, 0) is 29.8 Å². The average molecular weight is 347 g/mol. The summed E-state index contributed by atoms with van der Waals surface area (Å²) >= 11 is 5.88. The smallest absolute Gasteiger partial charge is 0.285 e. The molecule has 0 aliphatic heterocycles. The lowest BCUT2D eigenvalue weighted by atomic mass is 10.3. The van der Waals surface area contributed by atoms with Crippen LogP contribution in [0.15, 0.2) is 53.6 Å². The van der Waals surface area contributed by atoms with E-state index in [9.17, 15) is 9.18 Å². The third-order valence-corrected chi connectivity index (χ3v) is 3.49. The van der Waals surface area contributed by atoms with Gasteiger partial charge in [0.15, 0.2) is 0 Å². The molecule has 3 rings (SSSR count). The van der Waals surface area contributed by atoms with Gasteiger partial charge >= 0.3 is 0 Å². The minimum Gasteiger partial charge on any atom is -0.439 e. The van der Waals surface area contributed by atoms with Crippen LogP contribution in [0.2, 0.25) is 5.02 Å². The van der Waals surface area contributed by atoms with E-state index in [0.29, 0.717) is 23.9 Å². The number of halogens is 2. The van der Waals surface area contributed by atoms with Gasteiger partial charge < -0.3 is 10.1 Å². The monoisotopic (exact) mass is 346 g/mol. The fourth-order valence-electron chi connectivity index (χ4n) is 1.90. The standard InChI is InChI=1S/C16H12ClFN4O2/c17-15-13(9-21-22-16(15)23)19-7-10-1-6-14(20-8-10)24-12-4-2-11(18)3-5-12/h1-6,8-9H,7H2,(H2,19,22,23). The van der Waals surface area contributed by atoms with Gasteiger partial charge in [-0.25, -0.2) is 14.5 Å². The van der Waals surface area contributed by atoms with Gasteiger partial charge in [0.2, 0.25) is 5.88 Å². The van der Waals surface area contributed by atoms with E-state index in [1.54, 1.807) is 12.3 Å². The number of H-pyrrole nitrogens is 1. The zero-order chi connectivity index (χ0) is 16.9. The number of nitrogens with zero attached hydrogens (tertiary/aromatic N) is 2. The third kappa shape index (κ3) is 3.88. The van der Waals surface area contributed by atoms with Gasteiger partial charge in [0.25, 0.3) is 5.56 Å². The number of anilines is 1. The lowest BCUT2D eigenvalue weighted by molar-refractivity contribution is 0.461. The first-order chi connectivity index (χ1) is 11.6. The molecule has 1 aromatic carbocycles. The quantitative estimate of drug-likeness (QED) is 0.740. The number of nitrogens with one attached hydrogen (secondary N) is 2. The summed E-state index contributed by atoms with van der Waals surface area (Å²) in [5.41, 5.74) is 0.840. The summed E-state index contributed by atoms with van der Waals surface area (Å²) in [5, 5.41) is 8.98. The Morgan fingerprint density at radius 1 is 1.17 bits per heavy atom. The van der Waals surface area contributed by atoms with Gasteiger partial charge in [0.1, 0.15) is 16.6 Å². The van der Waals surface area contributed by atoms with Crippen molar-refractivity contribution in [3.8, 4) is 11.6 Å². The molecule has 0 bridgehead atoms. The molecule has 24 heavy (non-hydrogen) atoms. The van der Waals surface area contributed by atoms with Crippen molar-refractivity contribution in [2.45, 2.75) is 6.54 Å². The minimum atomic E-state index is -0.456. The van der Waals surface area contributed by atoms with Crippen LogP contribution in [-0.2, 0) is 6.54 Å². The van der Waals surface area contributed by atoms with Gasteiger partial charge in [-0.3, -0.25) is 4.79 Å². The van der Waals surface area contributed by atoms with Gasteiger partial charge in [-0.1, -0.05) is 17.7 Å². The Bertz CT molecular complexity index is 882. The molecule has 0 saturated heterocycles. The van der Waals surface area contributed by atoms with Gasteiger partial charge in [-0.2, -0.15) is 5.10 Å². The normalized spacial score (nSPS) is 10.4. The van der Waals surface area contributed by atoms with Crippen LogP contribution in [0.3, 0.4) is 0 Å². The number of rotatable bonds is 5. The number of pyridine rings is 1. The number of hydrogen-bond donors (Lipinski definition) is 2. The highest BCUT2D eigenvalue weighted by Crippen LogP contribution is 2.20. The fraction of sp³-hybridized carbons (Fsp3) is 0.0625. The number of ether oxygens (including phenoxy) is 1. The SMILES string of the molecule is O=c1[nH]ncc(NCc2ccc(Oc3ccc(F)cc3)nc2)c1Cl. The Hall–Kier alpha value is -2.93. The zero-order valence-electron chi connectivity index (χ0n) is 12.3. The molecule has 0 spiro atoms. The predicted octanol–water partition coefficient (Wildman–Crippen LogP) is 3.36. The third-order valence-electron chi connectivity index (χ3n) is 3.11. The molecule has 3 aromatic rings. The molecule has 122 valence electrons. The molecular weight excluding hydrogens is 335 g/mol. The number of hydrogen-bond acceptors (Lipinski definition) is 5. The Kier molecular flexibility index (Phi) is 4.72. The Morgan fingerprint density at radius 3 is 2.67 bits per heavy atom. The maximum Gasteiger partial charge on any atom is 0.285 e. The van der Waals surface area contributed by atoms with Crippen LogP contribution in [0.4, 0.5) is 10.1 Å². The molecule has 8 heteroatoms.